The number of benzene rings is 2. The van der Waals surface area contributed by atoms with Crippen molar-refractivity contribution in [2.24, 2.45) is 0 Å². The van der Waals surface area contributed by atoms with Crippen LogP contribution in [0.15, 0.2) is 42.5 Å². The molecule has 0 aromatic heterocycles. The molecule has 2 aromatic rings. The van der Waals surface area contributed by atoms with Crippen LogP contribution in [0.5, 0.6) is 5.75 Å². The first kappa shape index (κ1) is 13.1. The molecule has 0 unspecified atom stereocenters. The Morgan fingerprint density at radius 3 is 2.42 bits per heavy atom. The largest absolute Gasteiger partial charge is 0.496 e. The summed E-state index contributed by atoms with van der Waals surface area (Å²) in [6, 6.07) is 13.9. The molecule has 0 aliphatic rings. The fourth-order valence-corrected chi connectivity index (χ4v) is 2.02. The molecule has 0 spiro atoms. The van der Waals surface area contributed by atoms with E-state index in [-0.39, 0.29) is 5.91 Å². The van der Waals surface area contributed by atoms with Crippen molar-refractivity contribution in [2.75, 3.05) is 12.4 Å². The van der Waals surface area contributed by atoms with E-state index in [1.807, 2.05) is 49.4 Å². The maximum Gasteiger partial charge on any atom is 0.221 e. The smallest absolute Gasteiger partial charge is 0.221 e. The van der Waals surface area contributed by atoms with E-state index in [2.05, 4.69) is 5.32 Å². The predicted octanol–water partition coefficient (Wildman–Crippen LogP) is 3.63. The number of hydrogen-bond acceptors (Lipinski definition) is 2. The molecule has 3 heteroatoms. The van der Waals surface area contributed by atoms with Crippen LogP contribution >= 0.6 is 0 Å². The maximum atomic E-state index is 11.2. The summed E-state index contributed by atoms with van der Waals surface area (Å²) in [5.41, 5.74) is 3.82. The van der Waals surface area contributed by atoms with Gasteiger partial charge in [0, 0.05) is 18.2 Å². The third-order valence-corrected chi connectivity index (χ3v) is 2.94. The molecule has 0 bridgehead atoms. The van der Waals surface area contributed by atoms with Crippen molar-refractivity contribution in [2.45, 2.75) is 13.8 Å². The minimum atomic E-state index is -0.0766. The molecule has 0 saturated heterocycles. The van der Waals surface area contributed by atoms with E-state index < -0.39 is 0 Å². The Morgan fingerprint density at radius 1 is 1.16 bits per heavy atom. The Morgan fingerprint density at radius 2 is 1.84 bits per heavy atom. The average Bonchev–Trinajstić information content (AvgIpc) is 2.41. The second-order valence-electron chi connectivity index (χ2n) is 4.41. The predicted molar refractivity (Wildman–Crippen MR) is 77.5 cm³/mol. The fourth-order valence-electron chi connectivity index (χ4n) is 2.02. The van der Waals surface area contributed by atoms with Gasteiger partial charge in [0.25, 0.3) is 0 Å². The van der Waals surface area contributed by atoms with Crippen molar-refractivity contribution >= 4 is 11.6 Å². The number of carbonyl (C=O) groups excluding carboxylic acids is 1. The van der Waals surface area contributed by atoms with Gasteiger partial charge >= 0.3 is 0 Å². The molecule has 0 aliphatic carbocycles. The van der Waals surface area contributed by atoms with Gasteiger partial charge in [-0.15, -0.1) is 0 Å². The summed E-state index contributed by atoms with van der Waals surface area (Å²) < 4.78 is 5.43. The molecule has 0 fully saturated rings. The number of nitrogens with one attached hydrogen (secondary N) is 1. The molecule has 0 saturated carbocycles. The molecule has 0 aliphatic heterocycles. The zero-order valence-corrected chi connectivity index (χ0v) is 11.4. The van der Waals surface area contributed by atoms with E-state index >= 15 is 0 Å². The van der Waals surface area contributed by atoms with Crippen molar-refractivity contribution in [3.8, 4) is 16.9 Å². The number of rotatable bonds is 3. The first-order valence-corrected chi connectivity index (χ1v) is 6.13. The zero-order valence-electron chi connectivity index (χ0n) is 11.4. The van der Waals surface area contributed by atoms with Gasteiger partial charge in [0.2, 0.25) is 5.91 Å². The lowest BCUT2D eigenvalue weighted by Crippen LogP contribution is -2.07. The molecular formula is C16H17NO2. The van der Waals surface area contributed by atoms with Crippen molar-refractivity contribution in [3.63, 3.8) is 0 Å². The molecule has 2 aromatic carbocycles. The summed E-state index contributed by atoms with van der Waals surface area (Å²) in [5, 5.41) is 2.84. The van der Waals surface area contributed by atoms with E-state index in [0.717, 1.165) is 28.1 Å². The van der Waals surface area contributed by atoms with Crippen molar-refractivity contribution < 1.29 is 9.53 Å². The second kappa shape index (κ2) is 5.57. The van der Waals surface area contributed by atoms with Gasteiger partial charge in [-0.2, -0.15) is 0 Å². The van der Waals surface area contributed by atoms with Gasteiger partial charge in [-0.05, 0) is 30.2 Å². The van der Waals surface area contributed by atoms with Crippen molar-refractivity contribution in [1.82, 2.24) is 0 Å². The minimum Gasteiger partial charge on any atom is -0.496 e. The highest BCUT2D eigenvalue weighted by molar-refractivity contribution is 5.91. The second-order valence-corrected chi connectivity index (χ2v) is 4.41. The molecule has 1 amide bonds. The van der Waals surface area contributed by atoms with Gasteiger partial charge in [-0.1, -0.05) is 30.3 Å². The fraction of sp³-hybridized carbons (Fsp3) is 0.188. The van der Waals surface area contributed by atoms with Crippen LogP contribution in [-0.2, 0) is 4.79 Å². The molecular weight excluding hydrogens is 238 g/mol. The molecule has 1 N–H and O–H groups in total. The summed E-state index contributed by atoms with van der Waals surface area (Å²) in [7, 11) is 1.65. The molecule has 3 nitrogen and oxygen atoms in total. The summed E-state index contributed by atoms with van der Waals surface area (Å²) >= 11 is 0. The molecule has 0 atom stereocenters. The van der Waals surface area contributed by atoms with Gasteiger partial charge in [-0.25, -0.2) is 0 Å². The van der Waals surface area contributed by atoms with E-state index in [1.165, 1.54) is 6.92 Å². The van der Waals surface area contributed by atoms with E-state index in [0.29, 0.717) is 0 Å². The highest BCUT2D eigenvalue weighted by Crippen LogP contribution is 2.34. The Bertz CT molecular complexity index is 591. The normalized spacial score (nSPS) is 10.1. The topological polar surface area (TPSA) is 38.3 Å². The van der Waals surface area contributed by atoms with Gasteiger partial charge < -0.3 is 10.1 Å². The Balaban J connectivity index is 2.55. The monoisotopic (exact) mass is 255 g/mol. The lowest BCUT2D eigenvalue weighted by Gasteiger charge is -2.14. The van der Waals surface area contributed by atoms with Crippen LogP contribution in [0.2, 0.25) is 0 Å². The number of methoxy groups -OCH3 is 1. The number of aryl methyl sites for hydroxylation is 1. The number of amides is 1. The summed E-state index contributed by atoms with van der Waals surface area (Å²) in [5.74, 6) is 0.727. The van der Waals surface area contributed by atoms with Crippen molar-refractivity contribution in [3.05, 3.63) is 48.0 Å². The van der Waals surface area contributed by atoms with Crippen LogP contribution in [0.25, 0.3) is 11.1 Å². The zero-order chi connectivity index (χ0) is 13.8. The van der Waals surface area contributed by atoms with Gasteiger partial charge in [-0.3, -0.25) is 4.79 Å². The molecule has 0 heterocycles. The highest BCUT2D eigenvalue weighted by Gasteiger charge is 2.10. The molecule has 2 rings (SSSR count). The van der Waals surface area contributed by atoms with Crippen LogP contribution in [0.4, 0.5) is 5.69 Å². The number of anilines is 1. The minimum absolute atomic E-state index is 0.0766. The summed E-state index contributed by atoms with van der Waals surface area (Å²) in [6.45, 7) is 3.45. The van der Waals surface area contributed by atoms with E-state index in [1.54, 1.807) is 7.11 Å². The number of ether oxygens (including phenoxy) is 1. The van der Waals surface area contributed by atoms with Crippen LogP contribution in [-0.4, -0.2) is 13.0 Å². The van der Waals surface area contributed by atoms with Crippen molar-refractivity contribution in [1.29, 1.82) is 0 Å². The molecule has 98 valence electrons. The third-order valence-electron chi connectivity index (χ3n) is 2.94. The summed E-state index contributed by atoms with van der Waals surface area (Å²) in [4.78, 5) is 11.2. The quantitative estimate of drug-likeness (QED) is 0.909. The van der Waals surface area contributed by atoms with Crippen LogP contribution in [0, 0.1) is 6.92 Å². The standard InChI is InChI=1S/C16H17NO2/c1-11-9-16(19-3)14(10-15(11)17-12(2)18)13-7-5-4-6-8-13/h4-10H,1-3H3,(H,17,18). The SMILES string of the molecule is COc1cc(C)c(NC(C)=O)cc1-c1ccccc1. The average molecular weight is 255 g/mol. The Kier molecular flexibility index (Phi) is 3.85. The Labute approximate surface area is 113 Å². The first-order chi connectivity index (χ1) is 9.11. The Hall–Kier alpha value is -2.29. The first-order valence-electron chi connectivity index (χ1n) is 6.13. The van der Waals surface area contributed by atoms with E-state index in [9.17, 15) is 4.79 Å². The molecule has 0 radical (unpaired) electrons. The molecule has 19 heavy (non-hydrogen) atoms. The number of hydrogen-bond donors (Lipinski definition) is 1. The highest BCUT2D eigenvalue weighted by atomic mass is 16.5. The number of carbonyl (C=O) groups is 1. The van der Waals surface area contributed by atoms with Gasteiger partial charge in [0.05, 0.1) is 7.11 Å². The van der Waals surface area contributed by atoms with Crippen LogP contribution in [0.1, 0.15) is 12.5 Å². The van der Waals surface area contributed by atoms with E-state index in [4.69, 9.17) is 4.74 Å². The summed E-state index contributed by atoms with van der Waals surface area (Å²) in [6.07, 6.45) is 0. The maximum absolute atomic E-state index is 11.2. The van der Waals surface area contributed by atoms with Gasteiger partial charge in [0.1, 0.15) is 5.75 Å². The van der Waals surface area contributed by atoms with Gasteiger partial charge in [0.15, 0.2) is 0 Å². The van der Waals surface area contributed by atoms with Crippen LogP contribution in [0.3, 0.4) is 0 Å². The third kappa shape index (κ3) is 2.94. The lowest BCUT2D eigenvalue weighted by atomic mass is 10.0. The lowest BCUT2D eigenvalue weighted by molar-refractivity contribution is -0.114. The van der Waals surface area contributed by atoms with Crippen LogP contribution < -0.4 is 10.1 Å².